The molecular weight excluding hydrogens is 505 g/mol. The number of aromatic nitrogens is 2. The zero-order chi connectivity index (χ0) is 19.9. The third kappa shape index (κ3) is 5.93. The maximum absolute atomic E-state index is 4.59. The first-order valence-corrected chi connectivity index (χ1v) is 11.9. The molecule has 0 atom stereocenters. The van der Waals surface area contributed by atoms with Crippen LogP contribution in [0.4, 0.5) is 0 Å². The minimum atomic E-state index is 0. The molecule has 1 N–H and O–H groups in total. The highest BCUT2D eigenvalue weighted by Crippen LogP contribution is 2.42. The number of thioether (sulfide) groups is 1. The molecule has 7 heteroatoms. The van der Waals surface area contributed by atoms with Gasteiger partial charge in [-0.15, -0.1) is 24.0 Å². The highest BCUT2D eigenvalue weighted by molar-refractivity contribution is 14.0. The number of hydrogen-bond acceptors (Lipinski definition) is 3. The summed E-state index contributed by atoms with van der Waals surface area (Å²) in [5.41, 5.74) is 1.30. The number of aliphatic imine (C=N–C) groups is 1. The number of nitrogens with one attached hydrogen (secondary N) is 1. The number of nitrogens with zero attached hydrogens (tertiary/aromatic N) is 4. The summed E-state index contributed by atoms with van der Waals surface area (Å²) in [6.07, 6.45) is 11.8. The van der Waals surface area contributed by atoms with Gasteiger partial charge in [-0.05, 0) is 18.4 Å². The Morgan fingerprint density at radius 3 is 2.77 bits per heavy atom. The number of guanidine groups is 1. The Morgan fingerprint density at radius 2 is 2.00 bits per heavy atom. The molecule has 0 unspecified atom stereocenters. The Balaban J connectivity index is 0.00000256. The van der Waals surface area contributed by atoms with E-state index in [2.05, 4.69) is 73.1 Å². The maximum atomic E-state index is 4.59. The molecule has 1 aromatic heterocycles. The number of imidazole rings is 1. The van der Waals surface area contributed by atoms with Gasteiger partial charge in [-0.1, -0.05) is 49.6 Å². The van der Waals surface area contributed by atoms with Gasteiger partial charge in [0.25, 0.3) is 0 Å². The van der Waals surface area contributed by atoms with Crippen LogP contribution in [0.5, 0.6) is 0 Å². The van der Waals surface area contributed by atoms with Crippen molar-refractivity contribution < 1.29 is 0 Å². The second-order valence-corrected chi connectivity index (χ2v) is 9.76. The largest absolute Gasteiger partial charge is 0.356 e. The zero-order valence-electron chi connectivity index (χ0n) is 17.9. The highest BCUT2D eigenvalue weighted by Gasteiger charge is 2.38. The molecule has 5 nitrogen and oxygen atoms in total. The van der Waals surface area contributed by atoms with Gasteiger partial charge in [-0.25, -0.2) is 4.98 Å². The first-order chi connectivity index (χ1) is 14.3. The molecule has 2 fully saturated rings. The van der Waals surface area contributed by atoms with Crippen LogP contribution in [0.15, 0.2) is 47.7 Å². The van der Waals surface area contributed by atoms with Gasteiger partial charge in [0.1, 0.15) is 5.82 Å². The summed E-state index contributed by atoms with van der Waals surface area (Å²) in [6.45, 7) is 3.96. The van der Waals surface area contributed by atoms with Gasteiger partial charge >= 0.3 is 0 Å². The third-order valence-corrected chi connectivity index (χ3v) is 7.69. The van der Waals surface area contributed by atoms with Gasteiger partial charge in [-0.2, -0.15) is 11.8 Å². The van der Waals surface area contributed by atoms with Gasteiger partial charge in [0.2, 0.25) is 0 Å². The highest BCUT2D eigenvalue weighted by atomic mass is 127. The lowest BCUT2D eigenvalue weighted by atomic mass is 9.87. The quantitative estimate of drug-likeness (QED) is 0.347. The van der Waals surface area contributed by atoms with E-state index in [0.29, 0.717) is 4.75 Å². The van der Waals surface area contributed by atoms with E-state index in [-0.39, 0.29) is 24.0 Å². The van der Waals surface area contributed by atoms with Crippen molar-refractivity contribution in [3.05, 3.63) is 54.1 Å². The Labute approximate surface area is 202 Å². The standard InChI is InChI=1S/C23H33N5S.HI/c1-24-22(28-16-17-29-23(19-28)11-6-3-7-12-23)26-13-10-21-25-14-15-27(21)18-20-8-4-2-5-9-20;/h2,4-5,8-9,14-15H,3,6-7,10-13,16-19H2,1H3,(H,24,26);1H. The average molecular weight is 540 g/mol. The van der Waals surface area contributed by atoms with Crippen molar-refractivity contribution in [3.8, 4) is 0 Å². The number of hydrogen-bond donors (Lipinski definition) is 1. The molecule has 4 rings (SSSR count). The van der Waals surface area contributed by atoms with Crippen LogP contribution in [-0.4, -0.2) is 57.6 Å². The summed E-state index contributed by atoms with van der Waals surface area (Å²) in [5, 5.41) is 3.60. The van der Waals surface area contributed by atoms with E-state index >= 15 is 0 Å². The van der Waals surface area contributed by atoms with Crippen molar-refractivity contribution in [2.75, 3.05) is 32.4 Å². The lowest BCUT2D eigenvalue weighted by Crippen LogP contribution is -2.53. The minimum absolute atomic E-state index is 0. The Morgan fingerprint density at radius 1 is 1.20 bits per heavy atom. The fourth-order valence-corrected chi connectivity index (χ4v) is 6.20. The molecule has 164 valence electrons. The van der Waals surface area contributed by atoms with Crippen LogP contribution in [-0.2, 0) is 13.0 Å². The molecule has 1 saturated carbocycles. The first-order valence-electron chi connectivity index (χ1n) is 10.9. The molecule has 30 heavy (non-hydrogen) atoms. The molecule has 2 heterocycles. The second kappa shape index (κ2) is 11.4. The summed E-state index contributed by atoms with van der Waals surface area (Å²) >= 11 is 2.21. The van der Waals surface area contributed by atoms with Crippen LogP contribution in [0.25, 0.3) is 0 Å². The molecule has 0 bridgehead atoms. The van der Waals surface area contributed by atoms with E-state index in [4.69, 9.17) is 0 Å². The Bertz CT molecular complexity index is 795. The molecule has 1 aliphatic heterocycles. The van der Waals surface area contributed by atoms with Gasteiger partial charge < -0.3 is 14.8 Å². The molecule has 0 radical (unpaired) electrons. The van der Waals surface area contributed by atoms with Crippen LogP contribution in [0.2, 0.25) is 0 Å². The van der Waals surface area contributed by atoms with Crippen molar-refractivity contribution in [2.24, 2.45) is 4.99 Å². The predicted molar refractivity (Wildman–Crippen MR) is 138 cm³/mol. The molecule has 1 aliphatic carbocycles. The Hall–Kier alpha value is -1.22. The fourth-order valence-electron chi connectivity index (χ4n) is 4.63. The lowest BCUT2D eigenvalue weighted by Gasteiger charge is -2.45. The number of benzene rings is 1. The van der Waals surface area contributed by atoms with E-state index < -0.39 is 0 Å². The maximum Gasteiger partial charge on any atom is 0.193 e. The Kier molecular flexibility index (Phi) is 8.92. The van der Waals surface area contributed by atoms with Gasteiger partial charge in [0.05, 0.1) is 0 Å². The second-order valence-electron chi connectivity index (χ2n) is 8.19. The third-order valence-electron chi connectivity index (χ3n) is 6.15. The lowest BCUT2D eigenvalue weighted by molar-refractivity contribution is 0.293. The van der Waals surface area contributed by atoms with Crippen molar-refractivity contribution in [1.82, 2.24) is 19.8 Å². The summed E-state index contributed by atoms with van der Waals surface area (Å²) in [4.78, 5) is 11.7. The fraction of sp³-hybridized carbons (Fsp3) is 0.565. The van der Waals surface area contributed by atoms with Gasteiger partial charge in [0.15, 0.2) is 5.96 Å². The van der Waals surface area contributed by atoms with Crippen LogP contribution in [0.3, 0.4) is 0 Å². The predicted octanol–water partition coefficient (Wildman–Crippen LogP) is 4.42. The van der Waals surface area contributed by atoms with E-state index in [1.807, 2.05) is 13.2 Å². The summed E-state index contributed by atoms with van der Waals surface area (Å²) in [7, 11) is 1.91. The molecule has 0 amide bonds. The number of rotatable bonds is 5. The molecule has 1 spiro atoms. The van der Waals surface area contributed by atoms with Crippen molar-refractivity contribution in [2.45, 2.75) is 49.8 Å². The number of halogens is 1. The van der Waals surface area contributed by atoms with E-state index in [9.17, 15) is 0 Å². The SMILES string of the molecule is CN=C(NCCc1nccn1Cc1ccccc1)N1CCSC2(CCCCC2)C1.I. The summed E-state index contributed by atoms with van der Waals surface area (Å²) in [6, 6.07) is 10.6. The molecule has 1 aromatic carbocycles. The van der Waals surface area contributed by atoms with E-state index in [1.165, 1.54) is 43.4 Å². The van der Waals surface area contributed by atoms with E-state index in [0.717, 1.165) is 44.4 Å². The monoisotopic (exact) mass is 539 g/mol. The van der Waals surface area contributed by atoms with Crippen molar-refractivity contribution in [3.63, 3.8) is 0 Å². The van der Waals surface area contributed by atoms with Crippen LogP contribution >= 0.6 is 35.7 Å². The van der Waals surface area contributed by atoms with Crippen LogP contribution in [0.1, 0.15) is 43.5 Å². The molecule has 2 aliphatic rings. The summed E-state index contributed by atoms with van der Waals surface area (Å²) < 4.78 is 2.70. The average Bonchev–Trinajstić information content (AvgIpc) is 3.19. The van der Waals surface area contributed by atoms with Crippen LogP contribution < -0.4 is 5.32 Å². The zero-order valence-corrected chi connectivity index (χ0v) is 21.1. The first kappa shape index (κ1) is 23.4. The van der Waals surface area contributed by atoms with Crippen molar-refractivity contribution >= 4 is 41.7 Å². The van der Waals surface area contributed by atoms with E-state index in [1.54, 1.807) is 0 Å². The molecule has 1 saturated heterocycles. The van der Waals surface area contributed by atoms with Crippen molar-refractivity contribution in [1.29, 1.82) is 0 Å². The smallest absolute Gasteiger partial charge is 0.193 e. The van der Waals surface area contributed by atoms with Gasteiger partial charge in [-0.3, -0.25) is 4.99 Å². The normalized spacial score (nSPS) is 18.8. The summed E-state index contributed by atoms with van der Waals surface area (Å²) in [5.74, 6) is 3.38. The molecule has 2 aromatic rings. The van der Waals surface area contributed by atoms with Crippen LogP contribution in [0, 0.1) is 0 Å². The molecular formula is C23H34IN5S. The topological polar surface area (TPSA) is 45.5 Å². The minimum Gasteiger partial charge on any atom is -0.356 e. The van der Waals surface area contributed by atoms with Gasteiger partial charge in [0, 0.05) is 62.5 Å².